The minimum absolute atomic E-state index is 0.0613. The number of nitrogens with zero attached hydrogens (tertiary/aromatic N) is 2. The maximum absolute atomic E-state index is 11.6. The number of rotatable bonds is 6. The Kier molecular flexibility index (Phi) is 5.32. The Hall–Kier alpha value is -2.15. The van der Waals surface area contributed by atoms with Crippen molar-refractivity contribution in [2.24, 2.45) is 5.92 Å². The third-order valence-electron chi connectivity index (χ3n) is 3.02. The van der Waals surface area contributed by atoms with Gasteiger partial charge in [0.1, 0.15) is 5.01 Å². The quantitative estimate of drug-likeness (QED) is 0.885. The van der Waals surface area contributed by atoms with Gasteiger partial charge in [0.25, 0.3) is 0 Å². The second kappa shape index (κ2) is 7.22. The van der Waals surface area contributed by atoms with Crippen LogP contribution in [-0.2, 0) is 11.2 Å². The Labute approximate surface area is 133 Å². The van der Waals surface area contributed by atoms with Crippen molar-refractivity contribution in [1.29, 1.82) is 0 Å². The van der Waals surface area contributed by atoms with E-state index in [1.165, 1.54) is 11.3 Å². The monoisotopic (exact) mass is 321 g/mol. The van der Waals surface area contributed by atoms with E-state index >= 15 is 0 Å². The molecule has 118 valence electrons. The number of ether oxygens (including phenoxy) is 2. The van der Waals surface area contributed by atoms with Crippen LogP contribution < -0.4 is 14.8 Å². The SMILES string of the molecule is COc1ccc(Cc2nnc(NC(=O)C(C)C)s2)cc1OC. The second-order valence-corrected chi connectivity index (χ2v) is 6.07. The van der Waals surface area contributed by atoms with Gasteiger partial charge in [0.05, 0.1) is 14.2 Å². The highest BCUT2D eigenvalue weighted by Gasteiger charge is 2.12. The van der Waals surface area contributed by atoms with Crippen LogP contribution in [0, 0.1) is 5.92 Å². The first-order valence-corrected chi connectivity index (χ1v) is 7.69. The molecule has 22 heavy (non-hydrogen) atoms. The number of anilines is 1. The fraction of sp³-hybridized carbons (Fsp3) is 0.400. The molecule has 0 spiro atoms. The Bertz CT molecular complexity index is 655. The van der Waals surface area contributed by atoms with E-state index in [0.717, 1.165) is 10.6 Å². The van der Waals surface area contributed by atoms with Gasteiger partial charge < -0.3 is 14.8 Å². The minimum Gasteiger partial charge on any atom is -0.493 e. The van der Waals surface area contributed by atoms with Gasteiger partial charge in [-0.25, -0.2) is 0 Å². The number of carbonyl (C=O) groups excluding carboxylic acids is 1. The summed E-state index contributed by atoms with van der Waals surface area (Å²) in [6.07, 6.45) is 0.621. The van der Waals surface area contributed by atoms with E-state index in [0.29, 0.717) is 23.1 Å². The van der Waals surface area contributed by atoms with Gasteiger partial charge in [-0.2, -0.15) is 0 Å². The van der Waals surface area contributed by atoms with Crippen LogP contribution in [0.25, 0.3) is 0 Å². The van der Waals surface area contributed by atoms with Gasteiger partial charge in [0.2, 0.25) is 11.0 Å². The molecule has 2 rings (SSSR count). The topological polar surface area (TPSA) is 73.3 Å². The molecule has 1 amide bonds. The number of amides is 1. The van der Waals surface area contributed by atoms with Gasteiger partial charge in [0, 0.05) is 12.3 Å². The standard InChI is InChI=1S/C15H19N3O3S/c1-9(2)14(19)16-15-18-17-13(22-15)8-10-5-6-11(20-3)12(7-10)21-4/h5-7,9H,8H2,1-4H3,(H,16,18,19). The first-order valence-electron chi connectivity index (χ1n) is 6.87. The summed E-state index contributed by atoms with van der Waals surface area (Å²) >= 11 is 1.37. The molecule has 1 aromatic heterocycles. The van der Waals surface area contributed by atoms with Crippen LogP contribution in [0.15, 0.2) is 18.2 Å². The summed E-state index contributed by atoms with van der Waals surface area (Å²) in [4.78, 5) is 11.6. The summed E-state index contributed by atoms with van der Waals surface area (Å²) in [6, 6.07) is 5.72. The molecule has 0 fully saturated rings. The number of hydrogen-bond donors (Lipinski definition) is 1. The number of nitrogens with one attached hydrogen (secondary N) is 1. The molecule has 0 atom stereocenters. The molecule has 0 radical (unpaired) electrons. The largest absolute Gasteiger partial charge is 0.493 e. The maximum Gasteiger partial charge on any atom is 0.228 e. The molecule has 0 saturated heterocycles. The normalized spacial score (nSPS) is 10.6. The molecule has 7 heteroatoms. The molecular formula is C15H19N3O3S. The Morgan fingerprint density at radius 2 is 1.95 bits per heavy atom. The van der Waals surface area contributed by atoms with E-state index in [1.807, 2.05) is 32.0 Å². The summed E-state index contributed by atoms with van der Waals surface area (Å²) in [5, 5.41) is 12.2. The van der Waals surface area contributed by atoms with E-state index in [2.05, 4.69) is 15.5 Å². The van der Waals surface area contributed by atoms with Crippen molar-refractivity contribution < 1.29 is 14.3 Å². The minimum atomic E-state index is -0.0850. The van der Waals surface area contributed by atoms with Crippen LogP contribution in [-0.4, -0.2) is 30.3 Å². The lowest BCUT2D eigenvalue weighted by Crippen LogP contribution is -2.17. The first-order chi connectivity index (χ1) is 10.5. The highest BCUT2D eigenvalue weighted by molar-refractivity contribution is 7.15. The van der Waals surface area contributed by atoms with Crippen molar-refractivity contribution in [3.63, 3.8) is 0 Å². The zero-order chi connectivity index (χ0) is 16.1. The second-order valence-electron chi connectivity index (χ2n) is 5.01. The number of hydrogen-bond acceptors (Lipinski definition) is 6. The molecule has 1 aromatic carbocycles. The average Bonchev–Trinajstić information content (AvgIpc) is 2.94. The van der Waals surface area contributed by atoms with E-state index < -0.39 is 0 Å². The van der Waals surface area contributed by atoms with Crippen molar-refractivity contribution in [1.82, 2.24) is 10.2 Å². The first kappa shape index (κ1) is 16.2. The highest BCUT2D eigenvalue weighted by atomic mass is 32.1. The van der Waals surface area contributed by atoms with Gasteiger partial charge in [-0.15, -0.1) is 10.2 Å². The van der Waals surface area contributed by atoms with Crippen LogP contribution in [0.5, 0.6) is 11.5 Å². The van der Waals surface area contributed by atoms with Gasteiger partial charge in [-0.05, 0) is 17.7 Å². The maximum atomic E-state index is 11.6. The van der Waals surface area contributed by atoms with Crippen LogP contribution in [0.4, 0.5) is 5.13 Å². The summed E-state index contributed by atoms with van der Waals surface area (Å²) in [6.45, 7) is 3.67. The fourth-order valence-corrected chi connectivity index (χ4v) is 2.57. The smallest absolute Gasteiger partial charge is 0.228 e. The number of carbonyl (C=O) groups is 1. The Balaban J connectivity index is 2.08. The lowest BCUT2D eigenvalue weighted by Gasteiger charge is -2.08. The number of benzene rings is 1. The molecule has 0 aliphatic heterocycles. The average molecular weight is 321 g/mol. The highest BCUT2D eigenvalue weighted by Crippen LogP contribution is 2.29. The summed E-state index contributed by atoms with van der Waals surface area (Å²) in [7, 11) is 3.21. The van der Waals surface area contributed by atoms with Crippen LogP contribution in [0.2, 0.25) is 0 Å². The molecule has 0 aliphatic carbocycles. The molecular weight excluding hydrogens is 302 g/mol. The van der Waals surface area contributed by atoms with E-state index in [4.69, 9.17) is 9.47 Å². The van der Waals surface area contributed by atoms with Crippen molar-refractivity contribution in [3.05, 3.63) is 28.8 Å². The number of methoxy groups -OCH3 is 2. The molecule has 1 N–H and O–H groups in total. The lowest BCUT2D eigenvalue weighted by molar-refractivity contribution is -0.118. The fourth-order valence-electron chi connectivity index (χ4n) is 1.79. The van der Waals surface area contributed by atoms with Gasteiger partial charge in [0.15, 0.2) is 11.5 Å². The Morgan fingerprint density at radius 1 is 1.23 bits per heavy atom. The summed E-state index contributed by atoms with van der Waals surface area (Å²) < 4.78 is 10.5. The van der Waals surface area contributed by atoms with E-state index in [1.54, 1.807) is 14.2 Å². The molecule has 2 aromatic rings. The van der Waals surface area contributed by atoms with Crippen LogP contribution >= 0.6 is 11.3 Å². The molecule has 6 nitrogen and oxygen atoms in total. The molecule has 1 heterocycles. The predicted octanol–water partition coefficient (Wildman–Crippen LogP) is 2.74. The van der Waals surface area contributed by atoms with Crippen molar-refractivity contribution in [3.8, 4) is 11.5 Å². The van der Waals surface area contributed by atoms with E-state index in [9.17, 15) is 4.79 Å². The van der Waals surface area contributed by atoms with Crippen LogP contribution in [0.1, 0.15) is 24.4 Å². The van der Waals surface area contributed by atoms with E-state index in [-0.39, 0.29) is 11.8 Å². The molecule has 0 saturated carbocycles. The predicted molar refractivity (Wildman–Crippen MR) is 85.7 cm³/mol. The van der Waals surface area contributed by atoms with Gasteiger partial charge >= 0.3 is 0 Å². The lowest BCUT2D eigenvalue weighted by atomic mass is 10.1. The Morgan fingerprint density at radius 3 is 2.59 bits per heavy atom. The summed E-state index contributed by atoms with van der Waals surface area (Å²) in [5.74, 6) is 1.22. The van der Waals surface area contributed by atoms with Gasteiger partial charge in [-0.3, -0.25) is 4.79 Å². The molecule has 0 bridgehead atoms. The number of aromatic nitrogens is 2. The third kappa shape index (κ3) is 3.94. The zero-order valence-corrected chi connectivity index (χ0v) is 13.9. The van der Waals surface area contributed by atoms with Crippen molar-refractivity contribution in [2.75, 3.05) is 19.5 Å². The summed E-state index contributed by atoms with van der Waals surface area (Å²) in [5.41, 5.74) is 1.04. The third-order valence-corrected chi connectivity index (χ3v) is 3.86. The van der Waals surface area contributed by atoms with Crippen molar-refractivity contribution in [2.45, 2.75) is 20.3 Å². The van der Waals surface area contributed by atoms with Crippen molar-refractivity contribution >= 4 is 22.4 Å². The van der Waals surface area contributed by atoms with Gasteiger partial charge in [-0.1, -0.05) is 31.3 Å². The molecule has 0 unspecified atom stereocenters. The molecule has 0 aliphatic rings. The zero-order valence-electron chi connectivity index (χ0n) is 13.0. The van der Waals surface area contributed by atoms with Crippen LogP contribution in [0.3, 0.4) is 0 Å².